The second-order valence-corrected chi connectivity index (χ2v) is 11.7. The number of hydrogen-bond acceptors (Lipinski definition) is 6. The molecule has 0 radical (unpaired) electrons. The third-order valence-corrected chi connectivity index (χ3v) is 9.69. The molecule has 1 saturated heterocycles. The van der Waals surface area contributed by atoms with E-state index in [1.54, 1.807) is 18.0 Å². The topological polar surface area (TPSA) is 79.3 Å². The number of nitrogens with zero attached hydrogens (tertiary/aromatic N) is 2. The van der Waals surface area contributed by atoms with Crippen LogP contribution in [0, 0.1) is 0 Å². The van der Waals surface area contributed by atoms with Gasteiger partial charge >= 0.3 is 12.1 Å². The van der Waals surface area contributed by atoms with Crippen molar-refractivity contribution in [2.45, 2.75) is 68.0 Å². The van der Waals surface area contributed by atoms with E-state index in [2.05, 4.69) is 11.5 Å². The Morgan fingerprint density at radius 2 is 1.95 bits per heavy atom. The van der Waals surface area contributed by atoms with Crippen LogP contribution in [0.25, 0.3) is 6.08 Å². The number of phenolic OH excluding ortho intramolecular Hbond substituents is 1. The van der Waals surface area contributed by atoms with Crippen LogP contribution in [0.4, 0.5) is 13.2 Å². The molecule has 2 aliphatic heterocycles. The zero-order valence-corrected chi connectivity index (χ0v) is 23.5. The van der Waals surface area contributed by atoms with E-state index in [1.165, 1.54) is 31.2 Å². The highest BCUT2D eigenvalue weighted by Gasteiger charge is 2.75. The van der Waals surface area contributed by atoms with Gasteiger partial charge in [0.2, 0.25) is 5.91 Å². The van der Waals surface area contributed by atoms with E-state index < -0.39 is 40.9 Å². The number of halogens is 3. The molecular formula is C32H33F3N2O5. The first kappa shape index (κ1) is 28.3. The van der Waals surface area contributed by atoms with Gasteiger partial charge in [-0.25, -0.2) is 0 Å². The molecule has 5 atom stereocenters. The summed E-state index contributed by atoms with van der Waals surface area (Å²) in [6.45, 7) is 6.67. The standard InChI is InChI=1S/C32H33F3N2O5/c1-4-16-37-17-15-30-27-21-8-11-24(39)28(27)41-29(30)23(13-14-31(30,25(37)18-21)42-19(2)38)36(3)26(40)12-7-20-5-9-22(10-6-20)32(33,34)35/h4-12,23,25,29,39H,1,13-18H2,2-3H3/b12-7+/t23?,25-,29?,30+,31-/m1/s1. The SMILES string of the molecule is C=CCN1CC[C@]23c4c5ccc(O)c4OC2C(N(C)C(=O)/C=C/c2ccc(C(F)(F)F)cc2)CC[C@@]3(OC(C)=O)[C@H]1C5. The number of carbonyl (C=O) groups is 2. The Labute approximate surface area is 242 Å². The van der Waals surface area contributed by atoms with Gasteiger partial charge in [0, 0.05) is 38.7 Å². The van der Waals surface area contributed by atoms with E-state index in [0.717, 1.165) is 23.3 Å². The molecular weight excluding hydrogens is 549 g/mol. The fraction of sp³-hybridized carbons (Fsp3) is 0.438. The number of ether oxygens (including phenoxy) is 2. The second kappa shape index (κ2) is 9.90. The van der Waals surface area contributed by atoms with Gasteiger partial charge in [0.15, 0.2) is 11.5 Å². The smallest absolute Gasteiger partial charge is 0.416 e. The van der Waals surface area contributed by atoms with Crippen LogP contribution in [-0.2, 0) is 32.3 Å². The van der Waals surface area contributed by atoms with Crippen LogP contribution >= 0.6 is 0 Å². The number of rotatable bonds is 6. The molecule has 2 aromatic rings. The minimum Gasteiger partial charge on any atom is -0.504 e. The fourth-order valence-electron chi connectivity index (χ4n) is 8.05. The molecule has 2 unspecified atom stereocenters. The number of likely N-dealkylation sites (N-methyl/N-ethyl adjacent to an activating group) is 1. The summed E-state index contributed by atoms with van der Waals surface area (Å²) in [4.78, 5) is 30.0. The van der Waals surface area contributed by atoms with Gasteiger partial charge in [0.05, 0.1) is 23.1 Å². The number of likely N-dealkylation sites (tertiary alicyclic amines) is 1. The molecule has 42 heavy (non-hydrogen) atoms. The first-order valence-electron chi connectivity index (χ1n) is 14.1. The molecule has 4 aliphatic rings. The molecule has 2 fully saturated rings. The summed E-state index contributed by atoms with van der Waals surface area (Å²) in [6.07, 6.45) is 1.85. The van der Waals surface area contributed by atoms with Gasteiger partial charge in [-0.1, -0.05) is 24.3 Å². The van der Waals surface area contributed by atoms with Crippen LogP contribution < -0.4 is 4.74 Å². The van der Waals surface area contributed by atoms with E-state index >= 15 is 0 Å². The van der Waals surface area contributed by atoms with E-state index in [0.29, 0.717) is 50.1 Å². The Kier molecular flexibility index (Phi) is 6.68. The van der Waals surface area contributed by atoms with Crippen LogP contribution in [0.5, 0.6) is 11.5 Å². The quantitative estimate of drug-likeness (QED) is 0.298. The normalized spacial score (nSPS) is 29.5. The van der Waals surface area contributed by atoms with Crippen LogP contribution in [0.1, 0.15) is 48.4 Å². The molecule has 2 bridgehead atoms. The minimum absolute atomic E-state index is 0.0103. The summed E-state index contributed by atoms with van der Waals surface area (Å²) in [6, 6.07) is 7.59. The predicted octanol–water partition coefficient (Wildman–Crippen LogP) is 4.86. The number of aromatic hydroxyl groups is 1. The fourth-order valence-corrected chi connectivity index (χ4v) is 8.05. The number of benzene rings is 2. The van der Waals surface area contributed by atoms with Gasteiger partial charge in [-0.2, -0.15) is 13.2 Å². The Hall–Kier alpha value is -3.79. The van der Waals surface area contributed by atoms with Crippen LogP contribution in [0.3, 0.4) is 0 Å². The van der Waals surface area contributed by atoms with E-state index in [9.17, 15) is 27.9 Å². The highest BCUT2D eigenvalue weighted by Crippen LogP contribution is 2.67. The maximum Gasteiger partial charge on any atom is 0.416 e. The molecule has 2 aromatic carbocycles. The maximum absolute atomic E-state index is 13.4. The monoisotopic (exact) mass is 582 g/mol. The zero-order chi connectivity index (χ0) is 30.0. The van der Waals surface area contributed by atoms with Crippen molar-refractivity contribution in [2.24, 2.45) is 0 Å². The molecule has 2 heterocycles. The highest BCUT2D eigenvalue weighted by molar-refractivity contribution is 5.92. The third kappa shape index (κ3) is 4.06. The van der Waals surface area contributed by atoms with Gasteiger partial charge in [-0.05, 0) is 61.1 Å². The third-order valence-electron chi connectivity index (χ3n) is 9.69. The Bertz CT molecular complexity index is 1470. The van der Waals surface area contributed by atoms with Gasteiger partial charge in [0.1, 0.15) is 11.7 Å². The Balaban J connectivity index is 1.37. The number of alkyl halides is 3. The molecule has 0 aromatic heterocycles. The van der Waals surface area contributed by atoms with Crippen molar-refractivity contribution < 1.29 is 37.3 Å². The number of esters is 1. The molecule has 6 rings (SSSR count). The predicted molar refractivity (Wildman–Crippen MR) is 149 cm³/mol. The van der Waals surface area contributed by atoms with Gasteiger partial charge in [-0.3, -0.25) is 14.5 Å². The first-order valence-corrected chi connectivity index (χ1v) is 14.1. The number of carbonyl (C=O) groups excluding carboxylic acids is 2. The molecule has 2 aliphatic carbocycles. The summed E-state index contributed by atoms with van der Waals surface area (Å²) in [7, 11) is 1.68. The zero-order valence-electron chi connectivity index (χ0n) is 23.5. The number of amides is 1. The van der Waals surface area contributed by atoms with Crippen LogP contribution in [0.15, 0.2) is 55.1 Å². The van der Waals surface area contributed by atoms with Crippen molar-refractivity contribution in [3.05, 3.63) is 77.4 Å². The lowest BCUT2D eigenvalue weighted by molar-refractivity contribution is -0.222. The first-order chi connectivity index (χ1) is 19.9. The van der Waals surface area contributed by atoms with Gasteiger partial charge in [-0.15, -0.1) is 6.58 Å². The van der Waals surface area contributed by atoms with Crippen LogP contribution in [0.2, 0.25) is 0 Å². The number of hydrogen-bond donors (Lipinski definition) is 1. The Morgan fingerprint density at radius 3 is 2.62 bits per heavy atom. The van der Waals surface area contributed by atoms with Crippen molar-refractivity contribution >= 4 is 18.0 Å². The van der Waals surface area contributed by atoms with Gasteiger partial charge in [0.25, 0.3) is 0 Å². The summed E-state index contributed by atoms with van der Waals surface area (Å²) in [5.74, 6) is -0.330. The summed E-state index contributed by atoms with van der Waals surface area (Å²) < 4.78 is 51.8. The lowest BCUT2D eigenvalue weighted by Gasteiger charge is -2.65. The molecule has 1 amide bonds. The van der Waals surface area contributed by atoms with Crippen molar-refractivity contribution in [1.82, 2.24) is 9.80 Å². The summed E-state index contributed by atoms with van der Waals surface area (Å²) >= 11 is 0. The van der Waals surface area contributed by atoms with E-state index in [1.807, 2.05) is 12.1 Å². The Morgan fingerprint density at radius 1 is 1.21 bits per heavy atom. The molecule has 1 saturated carbocycles. The molecule has 1 spiro atoms. The van der Waals surface area contributed by atoms with Crippen LogP contribution in [-0.4, -0.2) is 70.7 Å². The molecule has 1 N–H and O–H groups in total. The molecule has 10 heteroatoms. The lowest BCUT2D eigenvalue weighted by Crippen LogP contribution is -2.79. The van der Waals surface area contributed by atoms with Crippen molar-refractivity contribution in [2.75, 3.05) is 20.1 Å². The molecule has 222 valence electrons. The van der Waals surface area contributed by atoms with Crippen molar-refractivity contribution in [3.63, 3.8) is 0 Å². The van der Waals surface area contributed by atoms with E-state index in [-0.39, 0.29) is 17.7 Å². The largest absolute Gasteiger partial charge is 0.504 e. The molecule has 7 nitrogen and oxygen atoms in total. The average Bonchev–Trinajstić information content (AvgIpc) is 3.29. The summed E-state index contributed by atoms with van der Waals surface area (Å²) in [5.41, 5.74) is -0.0985. The van der Waals surface area contributed by atoms with Crippen molar-refractivity contribution in [3.8, 4) is 11.5 Å². The lowest BCUT2D eigenvalue weighted by atomic mass is 9.48. The number of phenols is 1. The number of piperidine rings is 1. The highest BCUT2D eigenvalue weighted by atomic mass is 19.4. The van der Waals surface area contributed by atoms with Gasteiger partial charge < -0.3 is 19.5 Å². The summed E-state index contributed by atoms with van der Waals surface area (Å²) in [5, 5.41) is 10.9. The maximum atomic E-state index is 13.4. The van der Waals surface area contributed by atoms with Crippen molar-refractivity contribution in [1.29, 1.82) is 0 Å². The second-order valence-electron chi connectivity index (χ2n) is 11.7. The van der Waals surface area contributed by atoms with E-state index in [4.69, 9.17) is 9.47 Å². The minimum atomic E-state index is -4.44. The average molecular weight is 583 g/mol.